The molecule has 0 fully saturated rings. The zero-order chi connectivity index (χ0) is 27.4. The summed E-state index contributed by atoms with van der Waals surface area (Å²) in [5, 5.41) is 8.40. The van der Waals surface area contributed by atoms with E-state index in [0.29, 0.717) is 46.1 Å². The van der Waals surface area contributed by atoms with Crippen molar-refractivity contribution >= 4 is 17.0 Å². The standard InChI is InChI=1S/C28H35N5O5/c1-9-17(10-2)28-29-16(3)24-27(30-19-14-22(36-6)25(38-8)23(15-19)37-7)31-26(32-33(24)28)18-11-12-20(34-4)21(13-18)35-5/h11-15,17H,9-10H2,1-8H3,(H,30,31,32). The first kappa shape index (κ1) is 26.8. The molecule has 2 aromatic carbocycles. The van der Waals surface area contributed by atoms with Crippen LogP contribution in [0.25, 0.3) is 16.9 Å². The maximum absolute atomic E-state index is 5.55. The highest BCUT2D eigenvalue weighted by Crippen LogP contribution is 2.41. The summed E-state index contributed by atoms with van der Waals surface area (Å²) in [5.41, 5.74) is 3.12. The number of imidazole rings is 1. The van der Waals surface area contributed by atoms with Crippen molar-refractivity contribution < 1.29 is 23.7 Å². The minimum Gasteiger partial charge on any atom is -0.493 e. The van der Waals surface area contributed by atoms with E-state index in [-0.39, 0.29) is 5.92 Å². The number of ether oxygens (including phenoxy) is 5. The fraction of sp³-hybridized carbons (Fsp3) is 0.393. The number of anilines is 2. The summed E-state index contributed by atoms with van der Waals surface area (Å²) in [6.07, 6.45) is 1.89. The van der Waals surface area contributed by atoms with Gasteiger partial charge in [-0.15, -0.1) is 5.10 Å². The Labute approximate surface area is 222 Å². The van der Waals surface area contributed by atoms with E-state index in [0.717, 1.165) is 35.4 Å². The second-order valence-electron chi connectivity index (χ2n) is 8.72. The van der Waals surface area contributed by atoms with Crippen molar-refractivity contribution in [2.24, 2.45) is 0 Å². The topological polar surface area (TPSA) is 101 Å². The second-order valence-corrected chi connectivity index (χ2v) is 8.72. The van der Waals surface area contributed by atoms with Crippen molar-refractivity contribution in [3.63, 3.8) is 0 Å². The Kier molecular flexibility index (Phi) is 8.09. The van der Waals surface area contributed by atoms with Crippen LogP contribution in [0.2, 0.25) is 0 Å². The third kappa shape index (κ3) is 4.85. The molecule has 0 radical (unpaired) electrons. The van der Waals surface area contributed by atoms with E-state index in [1.54, 1.807) is 35.5 Å². The van der Waals surface area contributed by atoms with Crippen LogP contribution < -0.4 is 29.0 Å². The van der Waals surface area contributed by atoms with Crippen LogP contribution in [0.4, 0.5) is 11.5 Å². The monoisotopic (exact) mass is 521 g/mol. The Hall–Kier alpha value is -4.21. The summed E-state index contributed by atoms with van der Waals surface area (Å²) in [4.78, 5) is 9.87. The van der Waals surface area contributed by atoms with Crippen LogP contribution >= 0.6 is 0 Å². The fourth-order valence-corrected chi connectivity index (χ4v) is 4.58. The normalized spacial score (nSPS) is 11.1. The van der Waals surface area contributed by atoms with Crippen molar-refractivity contribution in [1.29, 1.82) is 0 Å². The lowest BCUT2D eigenvalue weighted by atomic mass is 10.0. The molecule has 0 aliphatic carbocycles. The van der Waals surface area contributed by atoms with Gasteiger partial charge in [-0.1, -0.05) is 13.8 Å². The minimum atomic E-state index is 0.248. The Morgan fingerprint density at radius 2 is 1.42 bits per heavy atom. The number of rotatable bonds is 11. The molecule has 0 unspecified atom stereocenters. The third-order valence-electron chi connectivity index (χ3n) is 6.61. The van der Waals surface area contributed by atoms with Crippen LogP contribution in [-0.4, -0.2) is 55.1 Å². The van der Waals surface area contributed by atoms with Crippen molar-refractivity contribution in [2.45, 2.75) is 39.5 Å². The van der Waals surface area contributed by atoms with E-state index >= 15 is 0 Å². The van der Waals surface area contributed by atoms with E-state index in [1.807, 2.05) is 41.8 Å². The van der Waals surface area contributed by atoms with Gasteiger partial charge in [0.05, 0.1) is 41.2 Å². The number of nitrogens with one attached hydrogen (secondary N) is 1. The summed E-state index contributed by atoms with van der Waals surface area (Å²) >= 11 is 0. The molecule has 0 amide bonds. The van der Waals surface area contributed by atoms with Crippen LogP contribution in [0.3, 0.4) is 0 Å². The van der Waals surface area contributed by atoms with Crippen molar-refractivity contribution in [3.05, 3.63) is 41.9 Å². The lowest BCUT2D eigenvalue weighted by Gasteiger charge is -2.16. The lowest BCUT2D eigenvalue weighted by Crippen LogP contribution is -2.09. The molecule has 4 aromatic rings. The number of aromatic nitrogens is 4. The Balaban J connectivity index is 1.95. The van der Waals surface area contributed by atoms with E-state index in [9.17, 15) is 0 Å². The van der Waals surface area contributed by atoms with Gasteiger partial charge in [0.15, 0.2) is 34.6 Å². The third-order valence-corrected chi connectivity index (χ3v) is 6.61. The van der Waals surface area contributed by atoms with Crippen molar-refractivity contribution in [3.8, 4) is 40.1 Å². The highest BCUT2D eigenvalue weighted by atomic mass is 16.5. The molecular formula is C28H35N5O5. The number of nitrogens with zero attached hydrogens (tertiary/aromatic N) is 4. The quantitative estimate of drug-likeness (QED) is 0.263. The maximum Gasteiger partial charge on any atom is 0.203 e. The van der Waals surface area contributed by atoms with E-state index < -0.39 is 0 Å². The summed E-state index contributed by atoms with van der Waals surface area (Å²) in [6, 6.07) is 9.29. The highest BCUT2D eigenvalue weighted by Gasteiger charge is 2.23. The van der Waals surface area contributed by atoms with Gasteiger partial charge in [0.2, 0.25) is 5.75 Å². The SMILES string of the molecule is CCC(CC)c1nc(C)c2c(Nc3cc(OC)c(OC)c(OC)c3)nc(-c3ccc(OC)c(OC)c3)nn12. The largest absolute Gasteiger partial charge is 0.493 e. The molecule has 2 heterocycles. The van der Waals surface area contributed by atoms with Crippen molar-refractivity contribution in [2.75, 3.05) is 40.9 Å². The summed E-state index contributed by atoms with van der Waals surface area (Å²) in [5.74, 6) is 5.05. The van der Waals surface area contributed by atoms with E-state index in [2.05, 4.69) is 19.2 Å². The van der Waals surface area contributed by atoms with Gasteiger partial charge in [0.1, 0.15) is 11.3 Å². The molecule has 38 heavy (non-hydrogen) atoms. The summed E-state index contributed by atoms with van der Waals surface area (Å²) < 4.78 is 29.4. The van der Waals surface area contributed by atoms with Crippen LogP contribution in [0.15, 0.2) is 30.3 Å². The molecule has 0 saturated carbocycles. The zero-order valence-electron chi connectivity index (χ0n) is 23.2. The Bertz CT molecular complexity index is 1410. The minimum absolute atomic E-state index is 0.248. The highest BCUT2D eigenvalue weighted by molar-refractivity contribution is 5.79. The first-order valence-electron chi connectivity index (χ1n) is 12.5. The molecular weight excluding hydrogens is 486 g/mol. The predicted molar refractivity (Wildman–Crippen MR) is 147 cm³/mol. The average molecular weight is 522 g/mol. The van der Waals surface area contributed by atoms with Gasteiger partial charge >= 0.3 is 0 Å². The first-order chi connectivity index (χ1) is 18.4. The van der Waals surface area contributed by atoms with Crippen LogP contribution in [-0.2, 0) is 0 Å². The summed E-state index contributed by atoms with van der Waals surface area (Å²) in [6.45, 7) is 6.30. The lowest BCUT2D eigenvalue weighted by molar-refractivity contribution is 0.324. The molecule has 202 valence electrons. The molecule has 10 nitrogen and oxygen atoms in total. The average Bonchev–Trinajstić information content (AvgIpc) is 3.28. The molecule has 0 aliphatic rings. The van der Waals surface area contributed by atoms with Gasteiger partial charge < -0.3 is 29.0 Å². The summed E-state index contributed by atoms with van der Waals surface area (Å²) in [7, 11) is 7.96. The Morgan fingerprint density at radius 1 is 0.789 bits per heavy atom. The smallest absolute Gasteiger partial charge is 0.203 e. The molecule has 10 heteroatoms. The van der Waals surface area contributed by atoms with Crippen LogP contribution in [0.1, 0.15) is 44.1 Å². The van der Waals surface area contributed by atoms with E-state index in [1.165, 1.54) is 0 Å². The first-order valence-corrected chi connectivity index (χ1v) is 12.5. The van der Waals surface area contributed by atoms with Gasteiger partial charge in [0, 0.05) is 29.3 Å². The van der Waals surface area contributed by atoms with Gasteiger partial charge in [-0.3, -0.25) is 0 Å². The fourth-order valence-electron chi connectivity index (χ4n) is 4.58. The number of hydrogen-bond donors (Lipinski definition) is 1. The molecule has 0 bridgehead atoms. The molecule has 1 N–H and O–H groups in total. The van der Waals surface area contributed by atoms with Crippen LogP contribution in [0, 0.1) is 6.92 Å². The molecule has 0 atom stereocenters. The zero-order valence-corrected chi connectivity index (χ0v) is 23.2. The van der Waals surface area contributed by atoms with Crippen LogP contribution in [0.5, 0.6) is 28.7 Å². The number of benzene rings is 2. The Morgan fingerprint density at radius 3 is 1.97 bits per heavy atom. The maximum atomic E-state index is 5.55. The number of hydrogen-bond acceptors (Lipinski definition) is 9. The van der Waals surface area contributed by atoms with Gasteiger partial charge in [-0.25, -0.2) is 14.5 Å². The number of aryl methyl sites for hydroxylation is 1. The van der Waals surface area contributed by atoms with Gasteiger partial charge in [-0.05, 0) is 38.0 Å². The van der Waals surface area contributed by atoms with E-state index in [4.69, 9.17) is 38.8 Å². The molecule has 0 aliphatic heterocycles. The van der Waals surface area contributed by atoms with Crippen molar-refractivity contribution in [1.82, 2.24) is 19.6 Å². The number of methoxy groups -OCH3 is 5. The second kappa shape index (κ2) is 11.5. The molecule has 0 saturated heterocycles. The molecule has 0 spiro atoms. The van der Waals surface area contributed by atoms with Gasteiger partial charge in [0.25, 0.3) is 0 Å². The molecule has 2 aromatic heterocycles. The predicted octanol–water partition coefficient (Wildman–Crippen LogP) is 5.79. The number of fused-ring (bicyclic) bond motifs is 1. The molecule has 4 rings (SSSR count). The van der Waals surface area contributed by atoms with Gasteiger partial charge in [-0.2, -0.15) is 0 Å².